The second-order valence-corrected chi connectivity index (χ2v) is 7.83. The molecule has 2 fully saturated rings. The summed E-state index contributed by atoms with van der Waals surface area (Å²) in [5.41, 5.74) is 5.77. The Morgan fingerprint density at radius 1 is 1.48 bits per heavy atom. The van der Waals surface area contributed by atoms with Crippen LogP contribution in [0.4, 0.5) is 10.2 Å². The van der Waals surface area contributed by atoms with Crippen molar-refractivity contribution in [1.82, 2.24) is 15.2 Å². The maximum Gasteiger partial charge on any atom is 0.185 e. The molecule has 1 spiro atoms. The average Bonchev–Trinajstić information content (AvgIpc) is 3.14. The summed E-state index contributed by atoms with van der Waals surface area (Å²) in [4.78, 5) is 21.9. The Kier molecular flexibility index (Phi) is 6.33. The number of anilines is 1. The molecule has 2 aliphatic heterocycles. The van der Waals surface area contributed by atoms with Crippen LogP contribution < -0.4 is 11.1 Å². The molecule has 3 N–H and O–H groups in total. The molecular formula is C18H24FN5O2S. The van der Waals surface area contributed by atoms with Gasteiger partial charge >= 0.3 is 0 Å². The molecule has 3 rings (SSSR count). The molecule has 0 unspecified atom stereocenters. The third kappa shape index (κ3) is 4.59. The van der Waals surface area contributed by atoms with Crippen LogP contribution in [0.25, 0.3) is 0 Å². The maximum atomic E-state index is 14.0. The van der Waals surface area contributed by atoms with Crippen molar-refractivity contribution in [3.8, 4) is 0 Å². The van der Waals surface area contributed by atoms with Gasteiger partial charge in [-0.25, -0.2) is 14.4 Å². The number of carbonyl (C=O) groups excluding carboxylic acids is 1. The van der Waals surface area contributed by atoms with Gasteiger partial charge in [0.1, 0.15) is 0 Å². The van der Waals surface area contributed by atoms with Crippen molar-refractivity contribution in [2.45, 2.75) is 24.2 Å². The smallest absolute Gasteiger partial charge is 0.185 e. The summed E-state index contributed by atoms with van der Waals surface area (Å²) >= 11 is 1.14. The fourth-order valence-electron chi connectivity index (χ4n) is 3.35. The van der Waals surface area contributed by atoms with Gasteiger partial charge in [-0.05, 0) is 30.7 Å². The van der Waals surface area contributed by atoms with E-state index in [9.17, 15) is 9.18 Å². The summed E-state index contributed by atoms with van der Waals surface area (Å²) in [6.45, 7) is 3.21. The molecule has 9 heteroatoms. The van der Waals surface area contributed by atoms with E-state index in [1.54, 1.807) is 13.1 Å². The first-order valence-electron chi connectivity index (χ1n) is 8.88. The minimum Gasteiger partial charge on any atom is -0.381 e. The predicted molar refractivity (Wildman–Crippen MR) is 104 cm³/mol. The van der Waals surface area contributed by atoms with Crippen molar-refractivity contribution < 1.29 is 13.9 Å². The van der Waals surface area contributed by atoms with E-state index in [1.165, 1.54) is 12.4 Å². The number of hydrogen-bond donors (Lipinski definition) is 2. The number of pyridine rings is 1. The summed E-state index contributed by atoms with van der Waals surface area (Å²) in [7, 11) is 1.71. The summed E-state index contributed by atoms with van der Waals surface area (Å²) in [6, 6.07) is 1.54. The van der Waals surface area contributed by atoms with Gasteiger partial charge in [0.15, 0.2) is 23.8 Å². The Bertz CT molecular complexity index is 739. The first-order chi connectivity index (χ1) is 13.1. The molecule has 27 heavy (non-hydrogen) atoms. The number of nitrogens with zero attached hydrogens (tertiary/aromatic N) is 3. The number of likely N-dealkylation sites (tertiary alicyclic amines) is 1. The molecule has 146 valence electrons. The molecule has 0 aromatic carbocycles. The molecule has 0 aliphatic carbocycles. The van der Waals surface area contributed by atoms with Crippen LogP contribution in [-0.2, 0) is 9.53 Å². The van der Waals surface area contributed by atoms with Gasteiger partial charge in [0.05, 0.1) is 22.7 Å². The zero-order chi connectivity index (χ0) is 19.3. The van der Waals surface area contributed by atoms with Crippen LogP contribution in [0.15, 0.2) is 33.4 Å². The monoisotopic (exact) mass is 393 g/mol. The van der Waals surface area contributed by atoms with E-state index in [1.807, 2.05) is 4.90 Å². The van der Waals surface area contributed by atoms with Crippen molar-refractivity contribution >= 4 is 29.7 Å². The van der Waals surface area contributed by atoms with Crippen LogP contribution in [0.1, 0.15) is 19.3 Å². The Labute approximate surface area is 162 Å². The van der Waals surface area contributed by atoms with Crippen molar-refractivity contribution in [2.24, 2.45) is 10.4 Å². The van der Waals surface area contributed by atoms with Gasteiger partial charge in [-0.2, -0.15) is 0 Å². The van der Waals surface area contributed by atoms with Crippen LogP contribution >= 0.6 is 11.8 Å². The SMILES string of the molecule is CN/C(=C\N=C(C=O)N1CCC2(CCOC2)CC1)Sc1ccnc(N)c1F. The fourth-order valence-corrected chi connectivity index (χ4v) is 4.11. The van der Waals surface area contributed by atoms with E-state index in [-0.39, 0.29) is 11.2 Å². The zero-order valence-corrected chi connectivity index (χ0v) is 16.1. The zero-order valence-electron chi connectivity index (χ0n) is 15.3. The Morgan fingerprint density at radius 3 is 2.89 bits per heavy atom. The van der Waals surface area contributed by atoms with E-state index in [0.29, 0.717) is 15.8 Å². The second-order valence-electron chi connectivity index (χ2n) is 6.75. The van der Waals surface area contributed by atoms with E-state index in [0.717, 1.165) is 63.6 Å². The Morgan fingerprint density at radius 2 is 2.26 bits per heavy atom. The lowest BCUT2D eigenvalue weighted by molar-refractivity contribution is -0.103. The van der Waals surface area contributed by atoms with E-state index < -0.39 is 5.82 Å². The average molecular weight is 393 g/mol. The molecule has 0 amide bonds. The number of nitrogens with two attached hydrogens (primary N) is 1. The van der Waals surface area contributed by atoms with Crippen molar-refractivity contribution in [3.05, 3.63) is 29.3 Å². The highest BCUT2D eigenvalue weighted by molar-refractivity contribution is 8.03. The number of carbonyl (C=O) groups is 1. The second kappa shape index (κ2) is 8.71. The predicted octanol–water partition coefficient (Wildman–Crippen LogP) is 2.01. The highest BCUT2D eigenvalue weighted by Gasteiger charge is 2.38. The third-order valence-corrected chi connectivity index (χ3v) is 6.16. The van der Waals surface area contributed by atoms with Crippen molar-refractivity contribution in [1.29, 1.82) is 0 Å². The van der Waals surface area contributed by atoms with Crippen molar-refractivity contribution in [2.75, 3.05) is 39.1 Å². The quantitative estimate of drug-likeness (QED) is 0.342. The van der Waals surface area contributed by atoms with Crippen LogP contribution in [0.5, 0.6) is 0 Å². The largest absolute Gasteiger partial charge is 0.381 e. The molecule has 1 aromatic rings. The first kappa shape index (κ1) is 19.6. The van der Waals surface area contributed by atoms with Gasteiger partial charge in [-0.3, -0.25) is 4.79 Å². The van der Waals surface area contributed by atoms with E-state index in [2.05, 4.69) is 15.3 Å². The minimum atomic E-state index is -0.566. The van der Waals surface area contributed by atoms with Crippen LogP contribution in [0.2, 0.25) is 0 Å². The van der Waals surface area contributed by atoms with Gasteiger partial charge in [0.2, 0.25) is 0 Å². The molecule has 2 saturated heterocycles. The third-order valence-electron chi connectivity index (χ3n) is 5.10. The summed E-state index contributed by atoms with van der Waals surface area (Å²) in [5, 5.41) is 3.55. The number of aldehydes is 1. The molecule has 0 atom stereocenters. The number of amidine groups is 1. The number of aliphatic imine (C=N–C) groups is 1. The highest BCUT2D eigenvalue weighted by Crippen LogP contribution is 2.39. The Hall–Kier alpha value is -2.13. The summed E-state index contributed by atoms with van der Waals surface area (Å²) in [5.74, 6) is -0.333. The summed E-state index contributed by atoms with van der Waals surface area (Å²) in [6.07, 6.45) is 6.84. The number of rotatable bonds is 5. The normalized spacial score (nSPS) is 20.1. The molecule has 0 radical (unpaired) electrons. The summed E-state index contributed by atoms with van der Waals surface area (Å²) < 4.78 is 19.6. The van der Waals surface area contributed by atoms with E-state index in [4.69, 9.17) is 10.5 Å². The standard InChI is InChI=1S/C18H24FN5O2S/c1-21-15(27-13-2-6-22-17(20)16(13)19)10-23-14(11-25)24-7-3-18(4-8-24)5-9-26-12-18/h2,6,10-11,21H,3-5,7-9,12H2,1H3,(H2,20,22)/b15-10+,23-14?. The lowest BCUT2D eigenvalue weighted by atomic mass is 9.78. The number of nitrogens with one attached hydrogen (secondary N) is 1. The van der Waals surface area contributed by atoms with Crippen molar-refractivity contribution in [3.63, 3.8) is 0 Å². The molecule has 0 bridgehead atoms. The van der Waals surface area contributed by atoms with Gasteiger partial charge < -0.3 is 20.7 Å². The fraction of sp³-hybridized carbons (Fsp3) is 0.500. The van der Waals surface area contributed by atoms with Crippen LogP contribution in [0, 0.1) is 11.2 Å². The highest BCUT2D eigenvalue weighted by atomic mass is 32.2. The number of ether oxygens (including phenoxy) is 1. The molecule has 0 saturated carbocycles. The first-order valence-corrected chi connectivity index (χ1v) is 9.70. The number of aromatic nitrogens is 1. The number of hydrogen-bond acceptors (Lipinski definition) is 7. The topological polar surface area (TPSA) is 92.8 Å². The Balaban J connectivity index is 1.68. The number of halogens is 1. The van der Waals surface area contributed by atoms with Crippen LogP contribution in [-0.4, -0.2) is 55.4 Å². The van der Waals surface area contributed by atoms with Gasteiger partial charge in [-0.15, -0.1) is 0 Å². The molecular weight excluding hydrogens is 369 g/mol. The van der Waals surface area contributed by atoms with Gasteiger partial charge in [0.25, 0.3) is 0 Å². The van der Waals surface area contributed by atoms with Crippen LogP contribution in [0.3, 0.4) is 0 Å². The number of nitrogen functional groups attached to an aromatic ring is 1. The minimum absolute atomic E-state index is 0.148. The van der Waals surface area contributed by atoms with Gasteiger partial charge in [0, 0.05) is 32.9 Å². The molecule has 2 aliphatic rings. The lowest BCUT2D eigenvalue weighted by Crippen LogP contribution is -2.44. The maximum absolute atomic E-state index is 14.0. The lowest BCUT2D eigenvalue weighted by Gasteiger charge is -2.38. The number of thioether (sulfide) groups is 1. The molecule has 1 aromatic heterocycles. The van der Waals surface area contributed by atoms with E-state index >= 15 is 0 Å². The molecule has 3 heterocycles. The molecule has 7 nitrogen and oxygen atoms in total. The number of piperidine rings is 1. The van der Waals surface area contributed by atoms with Gasteiger partial charge in [-0.1, -0.05) is 11.8 Å².